The molecule has 9 heteroatoms. The van der Waals surface area contributed by atoms with Crippen molar-refractivity contribution in [1.29, 1.82) is 0 Å². The van der Waals surface area contributed by atoms with Crippen LogP contribution in [0.4, 0.5) is 5.69 Å². The van der Waals surface area contributed by atoms with E-state index in [0.29, 0.717) is 18.0 Å². The van der Waals surface area contributed by atoms with E-state index in [1.807, 2.05) is 6.92 Å². The summed E-state index contributed by atoms with van der Waals surface area (Å²) in [7, 11) is 0. The molecule has 0 fully saturated rings. The number of benzene rings is 1. The molecular formula is C13H13Cl5N2O2. The second kappa shape index (κ2) is 7.93. The van der Waals surface area contributed by atoms with E-state index in [0.717, 1.165) is 0 Å². The third-order valence-corrected chi connectivity index (χ3v) is 3.17. The summed E-state index contributed by atoms with van der Waals surface area (Å²) >= 11 is 28.8. The van der Waals surface area contributed by atoms with Crippen LogP contribution >= 0.6 is 58.0 Å². The number of alkyl halides is 5. The third-order valence-electron chi connectivity index (χ3n) is 2.29. The zero-order valence-corrected chi connectivity index (χ0v) is 15.4. The van der Waals surface area contributed by atoms with Crippen molar-refractivity contribution in [3.63, 3.8) is 0 Å². The summed E-state index contributed by atoms with van der Waals surface area (Å²) in [6.45, 7) is 3.71. The highest BCUT2D eigenvalue weighted by Gasteiger charge is 2.35. The summed E-state index contributed by atoms with van der Waals surface area (Å²) in [5.74, 6) is -0.291. The fourth-order valence-electron chi connectivity index (χ4n) is 1.29. The van der Waals surface area contributed by atoms with Gasteiger partial charge in [0.05, 0.1) is 12.3 Å². The van der Waals surface area contributed by atoms with Gasteiger partial charge in [0.1, 0.15) is 5.75 Å². The Hall–Kier alpha value is -0.390. The van der Waals surface area contributed by atoms with Gasteiger partial charge in [-0.05, 0) is 38.1 Å². The molecule has 0 heterocycles. The molecule has 0 aliphatic carbocycles. The summed E-state index contributed by atoms with van der Waals surface area (Å²) in [6, 6.07) is 6.70. The van der Waals surface area contributed by atoms with Gasteiger partial charge in [-0.2, -0.15) is 0 Å². The number of ether oxygens (including phenoxy) is 1. The van der Waals surface area contributed by atoms with Gasteiger partial charge in [-0.25, -0.2) is 4.99 Å². The maximum absolute atomic E-state index is 11.8. The standard InChI is InChI=1S/C13H13Cl5N2O2/c1-3-22-9-6-4-8(5-7-9)19-10(13(16,17)18)20-11(21)12(2,14)15/h4-7H,3H2,1-2H3,(H,19,20,21). The number of nitrogens with one attached hydrogen (secondary N) is 1. The Kier molecular flexibility index (Phi) is 7.09. The molecule has 1 aromatic rings. The Morgan fingerprint density at radius 3 is 2.14 bits per heavy atom. The van der Waals surface area contributed by atoms with Crippen molar-refractivity contribution in [2.24, 2.45) is 4.99 Å². The van der Waals surface area contributed by atoms with Crippen molar-refractivity contribution in [2.75, 3.05) is 6.61 Å². The summed E-state index contributed by atoms with van der Waals surface area (Å²) in [5.41, 5.74) is 0.455. The molecule has 0 spiro atoms. The maximum Gasteiger partial charge on any atom is 0.261 e. The van der Waals surface area contributed by atoms with E-state index in [4.69, 9.17) is 62.7 Å². The van der Waals surface area contributed by atoms with Gasteiger partial charge in [-0.3, -0.25) is 4.79 Å². The first-order chi connectivity index (χ1) is 10.0. The van der Waals surface area contributed by atoms with Crippen LogP contribution in [0.1, 0.15) is 13.8 Å². The number of rotatable bonds is 4. The van der Waals surface area contributed by atoms with Gasteiger partial charge in [0.15, 0.2) is 10.2 Å². The van der Waals surface area contributed by atoms with E-state index >= 15 is 0 Å². The minimum absolute atomic E-state index is 0.209. The number of hydrogen-bond donors (Lipinski definition) is 1. The van der Waals surface area contributed by atoms with E-state index in [1.165, 1.54) is 6.92 Å². The average Bonchev–Trinajstić information content (AvgIpc) is 2.38. The SMILES string of the molecule is CCOc1ccc(N=C(NC(=O)C(C)(Cl)Cl)C(Cl)(Cl)Cl)cc1. The van der Waals surface area contributed by atoms with Crippen LogP contribution in [0.5, 0.6) is 5.75 Å². The fourth-order valence-corrected chi connectivity index (χ4v) is 1.66. The molecule has 0 aromatic heterocycles. The molecule has 1 aromatic carbocycles. The Bertz CT molecular complexity index is 547. The third kappa shape index (κ3) is 6.39. The van der Waals surface area contributed by atoms with Crippen LogP contribution in [-0.4, -0.2) is 26.5 Å². The molecule has 0 bridgehead atoms. The number of amidine groups is 1. The molecule has 1 rings (SSSR count). The molecule has 1 amide bonds. The molecule has 0 saturated heterocycles. The molecule has 0 atom stereocenters. The average molecular weight is 407 g/mol. The molecule has 0 aliphatic rings. The molecule has 0 radical (unpaired) electrons. The molecule has 0 aliphatic heterocycles. The smallest absolute Gasteiger partial charge is 0.261 e. The van der Waals surface area contributed by atoms with Crippen molar-refractivity contribution in [1.82, 2.24) is 5.32 Å². The van der Waals surface area contributed by atoms with Crippen molar-refractivity contribution in [3.05, 3.63) is 24.3 Å². The van der Waals surface area contributed by atoms with E-state index in [2.05, 4.69) is 10.3 Å². The number of hydrogen-bond acceptors (Lipinski definition) is 3. The predicted octanol–water partition coefficient (Wildman–Crippen LogP) is 4.80. The highest BCUT2D eigenvalue weighted by Crippen LogP contribution is 2.30. The lowest BCUT2D eigenvalue weighted by Crippen LogP contribution is -2.45. The van der Waals surface area contributed by atoms with Crippen LogP contribution in [0, 0.1) is 0 Å². The number of carbonyl (C=O) groups is 1. The summed E-state index contributed by atoms with van der Waals surface area (Å²) in [4.78, 5) is 15.9. The maximum atomic E-state index is 11.8. The Balaban J connectivity index is 3.04. The second-order valence-electron chi connectivity index (χ2n) is 4.23. The Labute approximate surface area is 153 Å². The van der Waals surface area contributed by atoms with Crippen LogP contribution in [0.15, 0.2) is 29.3 Å². The number of aliphatic imine (C=N–C) groups is 1. The first-order valence-corrected chi connectivity index (χ1v) is 8.01. The zero-order chi connectivity index (χ0) is 17.0. The largest absolute Gasteiger partial charge is 0.494 e. The second-order valence-corrected chi connectivity index (χ2v) is 8.21. The van der Waals surface area contributed by atoms with Crippen molar-refractivity contribution in [3.8, 4) is 5.75 Å². The van der Waals surface area contributed by atoms with Gasteiger partial charge in [0, 0.05) is 0 Å². The minimum atomic E-state index is -1.95. The predicted molar refractivity (Wildman–Crippen MR) is 93.2 cm³/mol. The van der Waals surface area contributed by atoms with Crippen LogP contribution in [0.2, 0.25) is 0 Å². The number of amides is 1. The summed E-state index contributed by atoms with van der Waals surface area (Å²) < 4.78 is 1.67. The molecule has 0 unspecified atom stereocenters. The van der Waals surface area contributed by atoms with Crippen molar-refractivity contribution < 1.29 is 9.53 Å². The number of nitrogens with zero attached hydrogens (tertiary/aromatic N) is 1. The fraction of sp³-hybridized carbons (Fsp3) is 0.385. The summed E-state index contributed by atoms with van der Waals surface area (Å²) in [6.07, 6.45) is 0. The van der Waals surface area contributed by atoms with Crippen LogP contribution in [0.3, 0.4) is 0 Å². The summed E-state index contributed by atoms with van der Waals surface area (Å²) in [5, 5.41) is 2.31. The van der Waals surface area contributed by atoms with E-state index in [9.17, 15) is 4.79 Å². The first kappa shape index (κ1) is 19.7. The van der Waals surface area contributed by atoms with Crippen LogP contribution < -0.4 is 10.1 Å². The van der Waals surface area contributed by atoms with Crippen molar-refractivity contribution in [2.45, 2.75) is 22.0 Å². The highest BCUT2D eigenvalue weighted by atomic mass is 35.6. The van der Waals surface area contributed by atoms with Gasteiger partial charge in [-0.15, -0.1) is 0 Å². The minimum Gasteiger partial charge on any atom is -0.494 e. The normalized spacial score (nSPS) is 13.0. The van der Waals surface area contributed by atoms with Crippen molar-refractivity contribution >= 4 is 75.4 Å². The van der Waals surface area contributed by atoms with Gasteiger partial charge < -0.3 is 10.1 Å². The van der Waals surface area contributed by atoms with Crippen LogP contribution in [-0.2, 0) is 4.79 Å². The van der Waals surface area contributed by atoms with E-state index < -0.39 is 14.0 Å². The molecule has 4 nitrogen and oxygen atoms in total. The Morgan fingerprint density at radius 1 is 1.18 bits per heavy atom. The molecular weight excluding hydrogens is 393 g/mol. The lowest BCUT2D eigenvalue weighted by molar-refractivity contribution is -0.120. The van der Waals surface area contributed by atoms with Gasteiger partial charge >= 0.3 is 0 Å². The van der Waals surface area contributed by atoms with Gasteiger partial charge in [0.2, 0.25) is 3.79 Å². The van der Waals surface area contributed by atoms with Gasteiger partial charge in [0.25, 0.3) is 5.91 Å². The van der Waals surface area contributed by atoms with E-state index in [-0.39, 0.29) is 5.84 Å². The lowest BCUT2D eigenvalue weighted by atomic mass is 10.3. The molecule has 1 N–H and O–H groups in total. The monoisotopic (exact) mass is 404 g/mol. The van der Waals surface area contributed by atoms with E-state index in [1.54, 1.807) is 24.3 Å². The lowest BCUT2D eigenvalue weighted by Gasteiger charge is -2.19. The number of halogens is 5. The van der Waals surface area contributed by atoms with Gasteiger partial charge in [-0.1, -0.05) is 58.0 Å². The Morgan fingerprint density at radius 2 is 1.73 bits per heavy atom. The topological polar surface area (TPSA) is 50.7 Å². The first-order valence-electron chi connectivity index (χ1n) is 6.12. The molecule has 122 valence electrons. The zero-order valence-electron chi connectivity index (χ0n) is 11.7. The quantitative estimate of drug-likeness (QED) is 0.444. The molecule has 0 saturated carbocycles. The molecule has 22 heavy (non-hydrogen) atoms. The highest BCUT2D eigenvalue weighted by molar-refractivity contribution is 6.77. The number of carbonyl (C=O) groups excluding carboxylic acids is 1. The van der Waals surface area contributed by atoms with Crippen LogP contribution in [0.25, 0.3) is 0 Å².